The number of rotatable bonds is 9. The van der Waals surface area contributed by atoms with Crippen LogP contribution in [0.4, 0.5) is 0 Å². The molecule has 27 aromatic rings. The minimum absolute atomic E-state index is 0.189. The number of fused-ring (bicyclic) bond motifs is 27. The average molecular weight is 1880 g/mol. The molecule has 0 saturated carbocycles. The molecule has 3 aliphatic rings. The Kier molecular flexibility index (Phi) is 19.9. The lowest BCUT2D eigenvalue weighted by atomic mass is 9.78. The third kappa shape index (κ3) is 13.9. The predicted molar refractivity (Wildman–Crippen MR) is 611 cm³/mol. The highest BCUT2D eigenvalue weighted by molar-refractivity contribution is 6.21. The van der Waals surface area contributed by atoms with Crippen molar-refractivity contribution in [3.63, 3.8) is 0 Å². The van der Waals surface area contributed by atoms with Gasteiger partial charge in [-0.3, -0.25) is 9.97 Å². The first-order chi connectivity index (χ1) is 72.2. The number of hydrogen-bond donors (Lipinski definition) is 0. The van der Waals surface area contributed by atoms with Crippen LogP contribution in [0.3, 0.4) is 0 Å². The smallest absolute Gasteiger partial charge is 0.0978 e. The van der Waals surface area contributed by atoms with Crippen LogP contribution in [0.25, 0.3) is 265 Å². The minimum atomic E-state index is -0.222. The largest absolute Gasteiger partial charge is 0.254 e. The summed E-state index contributed by atoms with van der Waals surface area (Å²) in [4.78, 5) is 46.4. The van der Waals surface area contributed by atoms with Gasteiger partial charge in [0.1, 0.15) is 0 Å². The van der Waals surface area contributed by atoms with Crippen LogP contribution < -0.4 is 0 Å². The van der Waals surface area contributed by atoms with Gasteiger partial charge in [0, 0.05) is 116 Å². The van der Waals surface area contributed by atoms with Gasteiger partial charge in [-0.25, -0.2) is 34.9 Å². The summed E-state index contributed by atoms with van der Waals surface area (Å²) >= 11 is 0. The highest BCUT2D eigenvalue weighted by Crippen LogP contribution is 2.59. The summed E-state index contributed by atoms with van der Waals surface area (Å²) in [5, 5.41) is 17.5. The second kappa shape index (κ2) is 33.8. The SMILES string of the molecule is CC1(C)c2ccccc2-c2nc3ccc4ccccc4c3c(-c3ccc(-c4cc5ccc(-c6ccccc6)nc5c5nc(-c6ccccc6)ccc45)cc3)c21.CC1(C)c2ccccc2-c2nc3ccc4ccccc4c3c(-c3ccc(-c4cc5cccnc5c5ncccc45)cc3)c21.CC1(C)c2ccccc2-c2nc3ccc4ccccc4c3c(-c3ccc(-c4ccc5ccc6ccc(-c7ccccc7)nc6c5n4)cc3)c21. The Hall–Kier alpha value is -18.6. The van der Waals surface area contributed by atoms with Gasteiger partial charge in [0.05, 0.1) is 89.5 Å². The summed E-state index contributed by atoms with van der Waals surface area (Å²) in [5.74, 6) is 0. The Morgan fingerprint density at radius 2 is 0.442 bits per heavy atom. The molecule has 147 heavy (non-hydrogen) atoms. The maximum absolute atomic E-state index is 5.40. The maximum atomic E-state index is 5.40. The molecule has 9 heteroatoms. The third-order valence-electron chi connectivity index (χ3n) is 31.3. The summed E-state index contributed by atoms with van der Waals surface area (Å²) in [5.41, 5.74) is 42.9. The van der Waals surface area contributed by atoms with Crippen molar-refractivity contribution in [1.82, 2.24) is 44.9 Å². The first-order valence-corrected chi connectivity index (χ1v) is 50.6. The van der Waals surface area contributed by atoms with Crippen LogP contribution in [0.15, 0.2) is 455 Å². The molecule has 18 aromatic carbocycles. The zero-order valence-corrected chi connectivity index (χ0v) is 81.8. The van der Waals surface area contributed by atoms with Crippen molar-refractivity contribution in [3.05, 3.63) is 489 Å². The fraction of sp³-hybridized carbons (Fsp3) is 0.0652. The molecule has 0 bridgehead atoms. The van der Waals surface area contributed by atoms with Gasteiger partial charge in [0.25, 0.3) is 0 Å². The van der Waals surface area contributed by atoms with Gasteiger partial charge in [-0.05, 0) is 194 Å². The molecule has 0 spiro atoms. The van der Waals surface area contributed by atoms with E-state index in [1.807, 2.05) is 42.7 Å². The van der Waals surface area contributed by atoms with E-state index in [0.29, 0.717) is 0 Å². The van der Waals surface area contributed by atoms with Crippen LogP contribution in [0.1, 0.15) is 74.9 Å². The van der Waals surface area contributed by atoms with Gasteiger partial charge in [-0.1, -0.05) is 412 Å². The number of benzene rings is 18. The topological polar surface area (TPSA) is 116 Å². The monoisotopic (exact) mass is 1880 g/mol. The van der Waals surface area contributed by atoms with Crippen molar-refractivity contribution in [3.8, 4) is 134 Å². The van der Waals surface area contributed by atoms with Crippen LogP contribution >= 0.6 is 0 Å². The highest BCUT2D eigenvalue weighted by Gasteiger charge is 2.44. The zero-order valence-electron chi connectivity index (χ0n) is 81.8. The van der Waals surface area contributed by atoms with Gasteiger partial charge < -0.3 is 0 Å². The Morgan fingerprint density at radius 3 is 0.844 bits per heavy atom. The summed E-state index contributed by atoms with van der Waals surface area (Å²) in [6.45, 7) is 14.1. The molecule has 0 N–H and O–H groups in total. The Bertz CT molecular complexity index is 10200. The van der Waals surface area contributed by atoms with E-state index in [1.54, 1.807) is 0 Å². The molecule has 3 aliphatic carbocycles. The maximum Gasteiger partial charge on any atom is 0.0978 e. The Labute approximate surface area is 850 Å². The van der Waals surface area contributed by atoms with Crippen LogP contribution in [-0.2, 0) is 16.2 Å². The van der Waals surface area contributed by atoms with Crippen molar-refractivity contribution in [1.29, 1.82) is 0 Å². The first-order valence-electron chi connectivity index (χ1n) is 50.6. The molecule has 0 aliphatic heterocycles. The lowest BCUT2D eigenvalue weighted by molar-refractivity contribution is 0.661. The lowest BCUT2D eigenvalue weighted by Gasteiger charge is -2.26. The molecule has 0 atom stereocenters. The van der Waals surface area contributed by atoms with Gasteiger partial charge in [-0.15, -0.1) is 0 Å². The molecular weight excluding hydrogens is 1780 g/mol. The molecule has 9 nitrogen and oxygen atoms in total. The zero-order chi connectivity index (χ0) is 98.1. The minimum Gasteiger partial charge on any atom is -0.254 e. The summed E-state index contributed by atoms with van der Waals surface area (Å²) < 4.78 is 0. The van der Waals surface area contributed by atoms with E-state index in [-0.39, 0.29) is 16.2 Å². The van der Waals surface area contributed by atoms with Crippen molar-refractivity contribution in [2.75, 3.05) is 0 Å². The van der Waals surface area contributed by atoms with Gasteiger partial charge in [-0.2, -0.15) is 0 Å². The molecule has 0 fully saturated rings. The lowest BCUT2D eigenvalue weighted by Crippen LogP contribution is -2.16. The normalized spacial score (nSPS) is 13.3. The molecule has 9 aromatic heterocycles. The Morgan fingerprint density at radius 1 is 0.170 bits per heavy atom. The first kappa shape index (κ1) is 86.3. The molecule has 690 valence electrons. The van der Waals surface area contributed by atoms with Crippen molar-refractivity contribution >= 4 is 130 Å². The van der Waals surface area contributed by atoms with Gasteiger partial charge in [0.15, 0.2) is 0 Å². The standard InChI is InChI=1S/C52H35N3.C46H31N3.C40H27N3/c1-52(2)42-20-12-11-19-40(42)50-48(52)46(47-38-18-10-9-13-32(38)25-29-45(47)55-50)36-23-21-33(22-24-36)41-31-37-26-28-43(34-14-5-3-6-15-34)53-49(37)51-39(41)27-30-44(54-51)35-16-7-4-8-17-35;1-46(2)36-15-9-8-14-35(36)45-42(46)40(41-34-13-7-6-10-28(34)22-27-39(41)49-45)31-18-16-30(17-19-31)38-26-24-33-21-20-32-23-25-37(29-11-4-3-5-12-29)47-43(32)44(33)48-38;1-40(2)32-14-6-5-12-30(32)38-36(40)34(35-28-11-4-3-9-24(28)19-20-33(35)43-38)26-17-15-25(16-18-26)31-23-27-10-7-21-41-37(27)39-29(31)13-8-22-42-39/h3-31H,1-2H3;3-27H,1-2H3;3-23H,1-2H3. The quantitative estimate of drug-likeness (QED) is 0.130. The highest BCUT2D eigenvalue weighted by atomic mass is 14.8. The molecule has 0 amide bonds. The summed E-state index contributed by atoms with van der Waals surface area (Å²) in [6, 6.07) is 158. The van der Waals surface area contributed by atoms with Crippen molar-refractivity contribution < 1.29 is 0 Å². The number of hydrogen-bond acceptors (Lipinski definition) is 9. The van der Waals surface area contributed by atoms with E-state index < -0.39 is 0 Å². The van der Waals surface area contributed by atoms with Crippen molar-refractivity contribution in [2.24, 2.45) is 0 Å². The number of nitrogens with zero attached hydrogens (tertiary/aromatic N) is 9. The van der Waals surface area contributed by atoms with E-state index in [4.69, 9.17) is 39.9 Å². The summed E-state index contributed by atoms with van der Waals surface area (Å²) in [6.07, 6.45) is 3.69. The molecule has 0 radical (unpaired) electrons. The molecule has 9 heterocycles. The van der Waals surface area contributed by atoms with Crippen LogP contribution in [-0.4, -0.2) is 44.9 Å². The molecular formula is C138H93N9. The Balaban J connectivity index is 0.000000107. The second-order valence-electron chi connectivity index (χ2n) is 40.8. The number of pyridine rings is 9. The van der Waals surface area contributed by atoms with E-state index in [2.05, 4.69) is 459 Å². The van der Waals surface area contributed by atoms with E-state index >= 15 is 0 Å². The molecule has 30 rings (SSSR count). The van der Waals surface area contributed by atoms with E-state index in [0.717, 1.165) is 166 Å². The van der Waals surface area contributed by atoms with Gasteiger partial charge >= 0.3 is 0 Å². The van der Waals surface area contributed by atoms with Crippen LogP contribution in [0.2, 0.25) is 0 Å². The fourth-order valence-corrected chi connectivity index (χ4v) is 24.3. The summed E-state index contributed by atoms with van der Waals surface area (Å²) in [7, 11) is 0. The van der Waals surface area contributed by atoms with E-state index in [9.17, 15) is 0 Å². The molecule has 0 saturated heterocycles. The van der Waals surface area contributed by atoms with E-state index in [1.165, 1.54) is 132 Å². The predicted octanol–water partition coefficient (Wildman–Crippen LogP) is 35.4. The third-order valence-corrected chi connectivity index (χ3v) is 31.3. The van der Waals surface area contributed by atoms with Gasteiger partial charge in [0.2, 0.25) is 0 Å². The second-order valence-corrected chi connectivity index (χ2v) is 40.8. The average Bonchev–Trinajstić information content (AvgIpc) is 1.56. The van der Waals surface area contributed by atoms with Crippen LogP contribution in [0.5, 0.6) is 0 Å². The number of aromatic nitrogens is 9. The van der Waals surface area contributed by atoms with Crippen LogP contribution in [0, 0.1) is 0 Å². The fourth-order valence-electron chi connectivity index (χ4n) is 24.3. The van der Waals surface area contributed by atoms with Crippen molar-refractivity contribution in [2.45, 2.75) is 57.8 Å². The molecule has 0 unspecified atom stereocenters.